The molecule has 3 rings (SSSR count). The summed E-state index contributed by atoms with van der Waals surface area (Å²) < 4.78 is 0. The highest BCUT2D eigenvalue weighted by atomic mass is 35.5. The molecular formula is C16H21ClN4O3. The molecule has 2 heterocycles. The van der Waals surface area contributed by atoms with Gasteiger partial charge in [-0.3, -0.25) is 14.5 Å². The lowest BCUT2D eigenvalue weighted by atomic mass is 10.0. The average Bonchev–Trinajstić information content (AvgIpc) is 2.88. The van der Waals surface area contributed by atoms with E-state index in [0.29, 0.717) is 5.69 Å². The average molecular weight is 353 g/mol. The van der Waals surface area contributed by atoms with Crippen molar-refractivity contribution in [1.82, 2.24) is 15.5 Å². The molecule has 4 amide bonds. The standard InChI is InChI=1S/C16H20N4O3.ClH/c21-14-9-18-16(23)20(14)10-11-4-3-5-12(8-11)19-15(22)13-6-1-2-7-17-13;/h3-5,8,13,17H,1-2,6-7,9-10H2,(H,18,23)(H,19,22);1H. The van der Waals surface area contributed by atoms with E-state index in [2.05, 4.69) is 16.0 Å². The van der Waals surface area contributed by atoms with Gasteiger partial charge in [0.25, 0.3) is 0 Å². The highest BCUT2D eigenvalue weighted by Crippen LogP contribution is 2.16. The van der Waals surface area contributed by atoms with E-state index in [0.717, 1.165) is 31.4 Å². The highest BCUT2D eigenvalue weighted by Gasteiger charge is 2.28. The van der Waals surface area contributed by atoms with Crippen LogP contribution in [0.4, 0.5) is 10.5 Å². The Labute approximate surface area is 146 Å². The Morgan fingerprint density at radius 2 is 2.12 bits per heavy atom. The number of piperidine rings is 1. The largest absolute Gasteiger partial charge is 0.329 e. The second-order valence-electron chi connectivity index (χ2n) is 5.83. The minimum absolute atomic E-state index is 0. The van der Waals surface area contributed by atoms with Gasteiger partial charge >= 0.3 is 6.03 Å². The van der Waals surface area contributed by atoms with Crippen LogP contribution in [0.3, 0.4) is 0 Å². The third kappa shape index (κ3) is 4.24. The minimum atomic E-state index is -0.379. The number of urea groups is 1. The number of hydrogen-bond acceptors (Lipinski definition) is 4. The molecule has 2 aliphatic rings. The fourth-order valence-corrected chi connectivity index (χ4v) is 2.85. The van der Waals surface area contributed by atoms with E-state index in [1.165, 1.54) is 4.90 Å². The zero-order chi connectivity index (χ0) is 16.2. The van der Waals surface area contributed by atoms with Gasteiger partial charge in [0.15, 0.2) is 0 Å². The van der Waals surface area contributed by atoms with Gasteiger partial charge in [-0.05, 0) is 37.1 Å². The minimum Gasteiger partial charge on any atom is -0.329 e. The van der Waals surface area contributed by atoms with Gasteiger partial charge in [-0.25, -0.2) is 4.79 Å². The first-order chi connectivity index (χ1) is 11.1. The van der Waals surface area contributed by atoms with Crippen LogP contribution in [0.1, 0.15) is 24.8 Å². The van der Waals surface area contributed by atoms with Crippen LogP contribution in [0, 0.1) is 0 Å². The Balaban J connectivity index is 0.00000208. The molecule has 0 aliphatic carbocycles. The molecule has 1 aromatic rings. The molecule has 24 heavy (non-hydrogen) atoms. The molecule has 3 N–H and O–H groups in total. The summed E-state index contributed by atoms with van der Waals surface area (Å²) in [5.41, 5.74) is 1.47. The number of anilines is 1. The van der Waals surface area contributed by atoms with Crippen molar-refractivity contribution >= 4 is 35.9 Å². The van der Waals surface area contributed by atoms with E-state index in [4.69, 9.17) is 0 Å². The van der Waals surface area contributed by atoms with Crippen molar-refractivity contribution in [2.45, 2.75) is 31.8 Å². The van der Waals surface area contributed by atoms with E-state index < -0.39 is 0 Å². The van der Waals surface area contributed by atoms with Crippen molar-refractivity contribution in [1.29, 1.82) is 0 Å². The summed E-state index contributed by atoms with van der Waals surface area (Å²) in [7, 11) is 0. The number of nitrogens with zero attached hydrogens (tertiary/aromatic N) is 1. The van der Waals surface area contributed by atoms with E-state index in [-0.39, 0.29) is 49.4 Å². The molecule has 8 heteroatoms. The molecule has 0 radical (unpaired) electrons. The first kappa shape index (κ1) is 18.2. The number of amides is 4. The van der Waals surface area contributed by atoms with Crippen LogP contribution >= 0.6 is 12.4 Å². The second kappa shape index (κ2) is 8.12. The van der Waals surface area contributed by atoms with E-state index in [9.17, 15) is 14.4 Å². The van der Waals surface area contributed by atoms with Crippen molar-refractivity contribution in [3.63, 3.8) is 0 Å². The number of benzene rings is 1. The Morgan fingerprint density at radius 3 is 2.79 bits per heavy atom. The third-order valence-electron chi connectivity index (χ3n) is 4.10. The maximum absolute atomic E-state index is 12.2. The molecule has 0 bridgehead atoms. The van der Waals surface area contributed by atoms with Crippen LogP contribution in [-0.4, -0.2) is 41.9 Å². The molecular weight excluding hydrogens is 332 g/mol. The molecule has 2 fully saturated rings. The number of hydrogen-bond donors (Lipinski definition) is 3. The smallest absolute Gasteiger partial charge is 0.324 e. The van der Waals surface area contributed by atoms with Gasteiger partial charge in [-0.1, -0.05) is 18.6 Å². The first-order valence-corrected chi connectivity index (χ1v) is 7.85. The second-order valence-corrected chi connectivity index (χ2v) is 5.83. The highest BCUT2D eigenvalue weighted by molar-refractivity contribution is 6.01. The number of carbonyl (C=O) groups is 3. The number of carbonyl (C=O) groups excluding carboxylic acids is 3. The topological polar surface area (TPSA) is 90.5 Å². The summed E-state index contributed by atoms with van der Waals surface area (Å²) in [6.45, 7) is 1.11. The quantitative estimate of drug-likeness (QED) is 0.711. The summed E-state index contributed by atoms with van der Waals surface area (Å²) in [5, 5.41) is 8.59. The van der Waals surface area contributed by atoms with Gasteiger partial charge < -0.3 is 16.0 Å². The van der Waals surface area contributed by atoms with Crippen LogP contribution in [0.5, 0.6) is 0 Å². The van der Waals surface area contributed by atoms with Gasteiger partial charge in [0.2, 0.25) is 11.8 Å². The molecule has 2 saturated heterocycles. The van der Waals surface area contributed by atoms with E-state index in [1.54, 1.807) is 18.2 Å². The maximum atomic E-state index is 12.2. The molecule has 2 aliphatic heterocycles. The zero-order valence-corrected chi connectivity index (χ0v) is 14.0. The lowest BCUT2D eigenvalue weighted by Gasteiger charge is -2.22. The van der Waals surface area contributed by atoms with Gasteiger partial charge in [0.05, 0.1) is 19.1 Å². The summed E-state index contributed by atoms with van der Waals surface area (Å²) in [6.07, 6.45) is 3.00. The van der Waals surface area contributed by atoms with Crippen LogP contribution in [-0.2, 0) is 16.1 Å². The van der Waals surface area contributed by atoms with Crippen molar-refractivity contribution in [2.24, 2.45) is 0 Å². The van der Waals surface area contributed by atoms with Gasteiger partial charge in [0, 0.05) is 5.69 Å². The van der Waals surface area contributed by atoms with Gasteiger partial charge in [-0.2, -0.15) is 0 Å². The van der Waals surface area contributed by atoms with Crippen LogP contribution in [0.2, 0.25) is 0 Å². The fraction of sp³-hybridized carbons (Fsp3) is 0.438. The molecule has 0 spiro atoms. The Hall–Kier alpha value is -2.12. The molecule has 0 aromatic heterocycles. The summed E-state index contributed by atoms with van der Waals surface area (Å²) in [5.74, 6) is -0.285. The Morgan fingerprint density at radius 1 is 1.29 bits per heavy atom. The number of rotatable bonds is 4. The number of imide groups is 1. The lowest BCUT2D eigenvalue weighted by Crippen LogP contribution is -2.43. The molecule has 1 aromatic carbocycles. The van der Waals surface area contributed by atoms with Gasteiger partial charge in [0.1, 0.15) is 0 Å². The zero-order valence-electron chi connectivity index (χ0n) is 13.2. The summed E-state index contributed by atoms with van der Waals surface area (Å²) >= 11 is 0. The van der Waals surface area contributed by atoms with Crippen molar-refractivity contribution in [2.75, 3.05) is 18.4 Å². The van der Waals surface area contributed by atoms with Crippen LogP contribution < -0.4 is 16.0 Å². The molecule has 1 atom stereocenters. The molecule has 130 valence electrons. The van der Waals surface area contributed by atoms with Crippen LogP contribution in [0.15, 0.2) is 24.3 Å². The number of halogens is 1. The van der Waals surface area contributed by atoms with E-state index >= 15 is 0 Å². The monoisotopic (exact) mass is 352 g/mol. The van der Waals surface area contributed by atoms with Crippen molar-refractivity contribution < 1.29 is 14.4 Å². The van der Waals surface area contributed by atoms with Gasteiger partial charge in [-0.15, -0.1) is 12.4 Å². The summed E-state index contributed by atoms with van der Waals surface area (Å²) in [6, 6.07) is 6.69. The molecule has 1 unspecified atom stereocenters. The lowest BCUT2D eigenvalue weighted by molar-refractivity contribution is -0.125. The van der Waals surface area contributed by atoms with Crippen molar-refractivity contribution in [3.8, 4) is 0 Å². The van der Waals surface area contributed by atoms with Crippen molar-refractivity contribution in [3.05, 3.63) is 29.8 Å². The van der Waals surface area contributed by atoms with E-state index in [1.807, 2.05) is 6.07 Å². The fourth-order valence-electron chi connectivity index (χ4n) is 2.85. The number of nitrogens with one attached hydrogen (secondary N) is 3. The predicted molar refractivity (Wildman–Crippen MR) is 91.9 cm³/mol. The molecule has 0 saturated carbocycles. The summed E-state index contributed by atoms with van der Waals surface area (Å²) in [4.78, 5) is 36.6. The Bertz CT molecular complexity index is 616. The normalized spacial score (nSPS) is 20.3. The predicted octanol–water partition coefficient (Wildman–Crippen LogP) is 1.24. The maximum Gasteiger partial charge on any atom is 0.324 e. The first-order valence-electron chi connectivity index (χ1n) is 7.85. The molecule has 7 nitrogen and oxygen atoms in total. The third-order valence-corrected chi connectivity index (χ3v) is 4.10. The Kier molecular flexibility index (Phi) is 6.16. The SMILES string of the molecule is Cl.O=C(Nc1cccc(CN2C(=O)CNC2=O)c1)C1CCCCN1. The van der Waals surface area contributed by atoms with Crippen LogP contribution in [0.25, 0.3) is 0 Å².